The molecule has 20 heavy (non-hydrogen) atoms. The summed E-state index contributed by atoms with van der Waals surface area (Å²) in [6.45, 7) is 2.06. The van der Waals surface area contributed by atoms with Gasteiger partial charge in [-0.3, -0.25) is 14.1 Å². The molecule has 0 rings (SSSR count). The normalized spacial score (nSPS) is 14.7. The maximum Gasteiger partial charge on any atom is 0.328 e. The number of nitrogens with two attached hydrogens (primary N) is 1. The zero-order valence-electron chi connectivity index (χ0n) is 11.7. The van der Waals surface area contributed by atoms with Crippen LogP contribution in [-0.4, -0.2) is 34.7 Å². The average Bonchev–Trinajstić information content (AvgIpc) is 2.29. The van der Waals surface area contributed by atoms with Gasteiger partial charge in [-0.15, -0.1) is 0 Å². The van der Waals surface area contributed by atoms with Gasteiger partial charge in [0.05, 0.1) is 6.42 Å². The van der Waals surface area contributed by atoms with Gasteiger partial charge in [0.15, 0.2) is 0 Å². The first-order chi connectivity index (χ1) is 9.17. The number of carboxylic acid groups (broad SMARTS) is 1. The highest BCUT2D eigenvalue weighted by molar-refractivity contribution is 7.88. The fraction of sp³-hybridized carbons (Fsp3) is 0.833. The Morgan fingerprint density at radius 2 is 1.60 bits per heavy atom. The Balaban J connectivity index is 4.78. The number of unbranched alkanes of at least 4 members (excludes halogenated alkanes) is 5. The van der Waals surface area contributed by atoms with Crippen LogP contribution in [0, 0.1) is 0 Å². The number of primary amides is 1. The molecule has 0 fully saturated rings. The number of amides is 1. The topological polar surface area (TPSA) is 135 Å². The number of carbonyl (C=O) groups is 2. The van der Waals surface area contributed by atoms with E-state index in [1.165, 1.54) is 0 Å². The van der Waals surface area contributed by atoms with E-state index in [0.29, 0.717) is 12.8 Å². The fourth-order valence-electron chi connectivity index (χ4n) is 2.07. The Hall–Kier alpha value is -1.15. The second-order valence-corrected chi connectivity index (χ2v) is 6.67. The number of carbonyl (C=O) groups excluding carboxylic acids is 1. The number of hydrogen-bond donors (Lipinski definition) is 3. The van der Waals surface area contributed by atoms with Crippen molar-refractivity contribution < 1.29 is 27.7 Å². The van der Waals surface area contributed by atoms with Gasteiger partial charge in [-0.05, 0) is 6.42 Å². The van der Waals surface area contributed by atoms with E-state index in [9.17, 15) is 22.6 Å². The van der Waals surface area contributed by atoms with Crippen LogP contribution in [0.15, 0.2) is 0 Å². The standard InChI is InChI=1S/C12H23NO6S/c1-2-3-4-5-6-7-8-12(11(15)16,9-10(13)14)20(17,18)19/h2-9H2,1H3,(H2,13,14)(H,15,16)(H,17,18,19). The third kappa shape index (κ3) is 5.46. The van der Waals surface area contributed by atoms with Crippen LogP contribution in [0.3, 0.4) is 0 Å². The summed E-state index contributed by atoms with van der Waals surface area (Å²) in [6.07, 6.45) is 3.65. The lowest BCUT2D eigenvalue weighted by molar-refractivity contribution is -0.142. The van der Waals surface area contributed by atoms with Crippen molar-refractivity contribution in [1.29, 1.82) is 0 Å². The summed E-state index contributed by atoms with van der Waals surface area (Å²) >= 11 is 0. The number of hydrogen-bond acceptors (Lipinski definition) is 4. The molecule has 0 aliphatic carbocycles. The van der Waals surface area contributed by atoms with Crippen molar-refractivity contribution in [3.8, 4) is 0 Å². The highest BCUT2D eigenvalue weighted by atomic mass is 32.2. The third-order valence-corrected chi connectivity index (χ3v) is 4.79. The molecule has 0 spiro atoms. The van der Waals surface area contributed by atoms with E-state index in [-0.39, 0.29) is 6.42 Å². The minimum atomic E-state index is -4.92. The Labute approximate surface area is 119 Å². The predicted molar refractivity (Wildman–Crippen MR) is 73.7 cm³/mol. The number of rotatable bonds is 11. The van der Waals surface area contributed by atoms with Crippen molar-refractivity contribution in [1.82, 2.24) is 0 Å². The molecule has 118 valence electrons. The summed E-state index contributed by atoms with van der Waals surface area (Å²) in [5.41, 5.74) is 4.91. The van der Waals surface area contributed by atoms with Gasteiger partial charge in [-0.25, -0.2) is 0 Å². The average molecular weight is 309 g/mol. The molecule has 7 nitrogen and oxygen atoms in total. The zero-order chi connectivity index (χ0) is 15.8. The molecule has 0 saturated carbocycles. The lowest BCUT2D eigenvalue weighted by atomic mass is 9.96. The summed E-state index contributed by atoms with van der Waals surface area (Å²) in [7, 11) is -4.92. The van der Waals surface area contributed by atoms with E-state index in [0.717, 1.165) is 25.7 Å². The highest BCUT2D eigenvalue weighted by Crippen LogP contribution is 2.28. The molecular weight excluding hydrogens is 286 g/mol. The van der Waals surface area contributed by atoms with Crippen LogP contribution in [0.5, 0.6) is 0 Å². The molecule has 0 heterocycles. The molecule has 0 aromatic heterocycles. The number of aliphatic carboxylic acids is 1. The molecule has 0 aliphatic rings. The molecule has 0 aliphatic heterocycles. The van der Waals surface area contributed by atoms with Gasteiger partial charge < -0.3 is 10.8 Å². The first-order valence-electron chi connectivity index (χ1n) is 6.66. The lowest BCUT2D eigenvalue weighted by Gasteiger charge is -2.24. The van der Waals surface area contributed by atoms with Crippen LogP contribution in [-0.2, 0) is 19.7 Å². The quantitative estimate of drug-likeness (QED) is 0.389. The van der Waals surface area contributed by atoms with Crippen molar-refractivity contribution in [3.05, 3.63) is 0 Å². The third-order valence-electron chi connectivity index (χ3n) is 3.28. The van der Waals surface area contributed by atoms with E-state index >= 15 is 0 Å². The minimum Gasteiger partial charge on any atom is -0.480 e. The summed E-state index contributed by atoms with van der Waals surface area (Å²) in [4.78, 5) is 22.1. The Morgan fingerprint density at radius 1 is 1.10 bits per heavy atom. The van der Waals surface area contributed by atoms with E-state index in [4.69, 9.17) is 10.8 Å². The first kappa shape index (κ1) is 18.9. The van der Waals surface area contributed by atoms with Crippen molar-refractivity contribution in [3.63, 3.8) is 0 Å². The minimum absolute atomic E-state index is 0.295. The van der Waals surface area contributed by atoms with Crippen LogP contribution in [0.2, 0.25) is 0 Å². The molecule has 8 heteroatoms. The van der Waals surface area contributed by atoms with Crippen molar-refractivity contribution in [2.45, 2.75) is 63.0 Å². The van der Waals surface area contributed by atoms with Gasteiger partial charge in [0.2, 0.25) is 10.7 Å². The predicted octanol–water partition coefficient (Wildman–Crippen LogP) is 1.32. The van der Waals surface area contributed by atoms with Gasteiger partial charge in [0.1, 0.15) is 0 Å². The molecule has 0 bridgehead atoms. The van der Waals surface area contributed by atoms with Gasteiger partial charge >= 0.3 is 5.97 Å². The highest BCUT2D eigenvalue weighted by Gasteiger charge is 2.51. The van der Waals surface area contributed by atoms with E-state index in [1.807, 2.05) is 0 Å². The molecule has 0 saturated heterocycles. The van der Waals surface area contributed by atoms with Crippen LogP contribution >= 0.6 is 0 Å². The van der Waals surface area contributed by atoms with Gasteiger partial charge in [0, 0.05) is 0 Å². The summed E-state index contributed by atoms with van der Waals surface area (Å²) in [5, 5.41) is 9.10. The zero-order valence-corrected chi connectivity index (χ0v) is 12.5. The fourth-order valence-corrected chi connectivity index (χ4v) is 3.02. The molecule has 1 atom stereocenters. The van der Waals surface area contributed by atoms with Crippen LogP contribution in [0.4, 0.5) is 0 Å². The molecule has 4 N–H and O–H groups in total. The SMILES string of the molecule is CCCCCCCCC(CC(N)=O)(C(=O)O)S(=O)(=O)O. The second-order valence-electron chi connectivity index (χ2n) is 4.94. The van der Waals surface area contributed by atoms with Crippen LogP contribution in [0.1, 0.15) is 58.3 Å². The van der Waals surface area contributed by atoms with E-state index in [2.05, 4.69) is 6.92 Å². The summed E-state index contributed by atoms with van der Waals surface area (Å²) in [6, 6.07) is 0. The van der Waals surface area contributed by atoms with E-state index in [1.54, 1.807) is 0 Å². The van der Waals surface area contributed by atoms with Crippen LogP contribution < -0.4 is 5.73 Å². The molecule has 0 aromatic rings. The van der Waals surface area contributed by atoms with Gasteiger partial charge in [-0.1, -0.05) is 45.4 Å². The van der Waals surface area contributed by atoms with E-state index < -0.39 is 33.2 Å². The Kier molecular flexibility index (Phi) is 7.74. The van der Waals surface area contributed by atoms with Crippen molar-refractivity contribution in [2.24, 2.45) is 5.73 Å². The van der Waals surface area contributed by atoms with Gasteiger partial charge in [0.25, 0.3) is 10.1 Å². The van der Waals surface area contributed by atoms with Gasteiger partial charge in [-0.2, -0.15) is 8.42 Å². The Morgan fingerprint density at radius 3 is 2.00 bits per heavy atom. The monoisotopic (exact) mass is 309 g/mol. The van der Waals surface area contributed by atoms with Crippen molar-refractivity contribution in [2.75, 3.05) is 0 Å². The summed E-state index contributed by atoms with van der Waals surface area (Å²) < 4.78 is 29.4. The molecule has 0 aromatic carbocycles. The maximum atomic E-state index is 11.4. The lowest BCUT2D eigenvalue weighted by Crippen LogP contribution is -2.49. The van der Waals surface area contributed by atoms with Crippen molar-refractivity contribution >= 4 is 22.0 Å². The molecule has 1 unspecified atom stereocenters. The molecular formula is C12H23NO6S. The largest absolute Gasteiger partial charge is 0.480 e. The second kappa shape index (κ2) is 8.21. The maximum absolute atomic E-state index is 11.4. The Bertz CT molecular complexity index is 433. The first-order valence-corrected chi connectivity index (χ1v) is 8.10. The molecule has 0 radical (unpaired) electrons. The smallest absolute Gasteiger partial charge is 0.328 e. The molecule has 1 amide bonds. The van der Waals surface area contributed by atoms with Crippen LogP contribution in [0.25, 0.3) is 0 Å². The number of carboxylic acids is 1. The summed E-state index contributed by atoms with van der Waals surface area (Å²) in [5.74, 6) is -2.82.